The highest BCUT2D eigenvalue weighted by Gasteiger charge is 2.44. The molecule has 1 N–H and O–H groups in total. The molecule has 0 radical (unpaired) electrons. The van der Waals surface area contributed by atoms with Gasteiger partial charge in [-0.3, -0.25) is 4.84 Å². The number of nitrogens with one attached hydrogen (secondary N) is 1. The van der Waals surface area contributed by atoms with Crippen molar-refractivity contribution in [3.63, 3.8) is 0 Å². The van der Waals surface area contributed by atoms with E-state index in [4.69, 9.17) is 4.84 Å². The zero-order chi connectivity index (χ0) is 18.3. The minimum Gasteiger partial charge on any atom is -0.297 e. The van der Waals surface area contributed by atoms with Crippen LogP contribution in [0.3, 0.4) is 0 Å². The fourth-order valence-corrected chi connectivity index (χ4v) is 4.88. The minimum atomic E-state index is -3.50. The van der Waals surface area contributed by atoms with E-state index in [1.54, 1.807) is 12.1 Å². The van der Waals surface area contributed by atoms with Crippen molar-refractivity contribution >= 4 is 10.0 Å². The van der Waals surface area contributed by atoms with Gasteiger partial charge in [0, 0.05) is 12.6 Å². The molecule has 1 aliphatic rings. The van der Waals surface area contributed by atoms with E-state index in [0.717, 1.165) is 5.56 Å². The Kier molecular flexibility index (Phi) is 5.17. The van der Waals surface area contributed by atoms with Crippen LogP contribution in [0.15, 0.2) is 24.3 Å². The maximum absolute atomic E-state index is 12.8. The van der Waals surface area contributed by atoms with Gasteiger partial charge in [0.25, 0.3) is 0 Å². The van der Waals surface area contributed by atoms with Crippen molar-refractivity contribution in [3.05, 3.63) is 35.4 Å². The highest BCUT2D eigenvalue weighted by Crippen LogP contribution is 2.34. The Hall–Kier alpha value is -0.950. The Labute approximate surface area is 146 Å². The fraction of sp³-hybridized carbons (Fsp3) is 0.667. The molecule has 1 saturated heterocycles. The van der Waals surface area contributed by atoms with Gasteiger partial charge in [0.15, 0.2) is 0 Å². The quantitative estimate of drug-likeness (QED) is 0.906. The SMILES string of the molecule is CN1OC[C@@H](S(=O)(=O)NC(C)(C)C)[C@@H]1c1ccc(C(C)(C)C)cc1. The molecule has 0 amide bonds. The van der Waals surface area contributed by atoms with Crippen molar-refractivity contribution in [2.45, 2.75) is 63.8 Å². The molecule has 1 aliphatic heterocycles. The fourth-order valence-electron chi connectivity index (χ4n) is 2.96. The smallest absolute Gasteiger partial charge is 0.219 e. The molecule has 0 spiro atoms. The van der Waals surface area contributed by atoms with Crippen molar-refractivity contribution in [2.75, 3.05) is 13.7 Å². The first-order chi connectivity index (χ1) is 10.8. The zero-order valence-electron chi connectivity index (χ0n) is 15.8. The molecule has 24 heavy (non-hydrogen) atoms. The van der Waals surface area contributed by atoms with Crippen molar-refractivity contribution in [1.29, 1.82) is 0 Å². The van der Waals surface area contributed by atoms with Crippen molar-refractivity contribution < 1.29 is 13.3 Å². The molecular formula is C18H30N2O3S. The summed E-state index contributed by atoms with van der Waals surface area (Å²) in [7, 11) is -1.72. The minimum absolute atomic E-state index is 0.0654. The Morgan fingerprint density at radius 3 is 2.08 bits per heavy atom. The van der Waals surface area contributed by atoms with E-state index < -0.39 is 20.8 Å². The van der Waals surface area contributed by atoms with Gasteiger partial charge in [-0.2, -0.15) is 5.06 Å². The summed E-state index contributed by atoms with van der Waals surface area (Å²) in [4.78, 5) is 5.54. The van der Waals surface area contributed by atoms with Crippen LogP contribution < -0.4 is 4.72 Å². The molecule has 0 unspecified atom stereocenters. The van der Waals surface area contributed by atoms with Crippen LogP contribution in [0.5, 0.6) is 0 Å². The van der Waals surface area contributed by atoms with Gasteiger partial charge in [0.1, 0.15) is 5.25 Å². The summed E-state index contributed by atoms with van der Waals surface area (Å²) in [5, 5.41) is 1.01. The van der Waals surface area contributed by atoms with Gasteiger partial charge >= 0.3 is 0 Å². The molecular weight excluding hydrogens is 324 g/mol. The lowest BCUT2D eigenvalue weighted by molar-refractivity contribution is -0.110. The van der Waals surface area contributed by atoms with E-state index in [1.807, 2.05) is 32.9 Å². The molecule has 136 valence electrons. The molecule has 1 aromatic carbocycles. The summed E-state index contributed by atoms with van der Waals surface area (Å²) in [5.74, 6) is 0. The van der Waals surface area contributed by atoms with Crippen molar-refractivity contribution in [3.8, 4) is 0 Å². The lowest BCUT2D eigenvalue weighted by Gasteiger charge is -2.27. The molecule has 1 aromatic rings. The maximum Gasteiger partial charge on any atom is 0.219 e. The standard InChI is InChI=1S/C18H30N2O3S/c1-17(2,3)14-10-8-13(9-11-14)16-15(12-23-20(16)7)24(21,22)19-18(4,5)6/h8-11,15-16,19H,12H2,1-7H3/t15-,16+/m1/s1. The van der Waals surface area contributed by atoms with Gasteiger partial charge in [-0.15, -0.1) is 0 Å². The van der Waals surface area contributed by atoms with Crippen LogP contribution in [-0.2, 0) is 20.3 Å². The van der Waals surface area contributed by atoms with Crippen LogP contribution in [0.4, 0.5) is 0 Å². The van der Waals surface area contributed by atoms with Crippen molar-refractivity contribution in [1.82, 2.24) is 9.79 Å². The van der Waals surface area contributed by atoms with Gasteiger partial charge in [-0.05, 0) is 37.3 Å². The Morgan fingerprint density at radius 1 is 1.08 bits per heavy atom. The first-order valence-corrected chi connectivity index (χ1v) is 9.85. The summed E-state index contributed by atoms with van der Waals surface area (Å²) in [6.45, 7) is 12.2. The van der Waals surface area contributed by atoms with E-state index in [0.29, 0.717) is 0 Å². The van der Waals surface area contributed by atoms with Gasteiger partial charge in [0.05, 0.1) is 12.6 Å². The average Bonchev–Trinajstić information content (AvgIpc) is 2.78. The van der Waals surface area contributed by atoms with E-state index in [1.165, 1.54) is 5.56 Å². The maximum atomic E-state index is 12.8. The van der Waals surface area contributed by atoms with Crippen LogP contribution in [0, 0.1) is 0 Å². The number of rotatable bonds is 3. The van der Waals surface area contributed by atoms with Gasteiger partial charge in [-0.25, -0.2) is 13.1 Å². The third kappa shape index (κ3) is 4.36. The molecule has 0 aromatic heterocycles. The summed E-state index contributed by atoms with van der Waals surface area (Å²) in [6.07, 6.45) is 0. The average molecular weight is 355 g/mol. The molecule has 2 atom stereocenters. The highest BCUT2D eigenvalue weighted by atomic mass is 32.2. The monoisotopic (exact) mass is 354 g/mol. The summed E-state index contributed by atoms with van der Waals surface area (Å²) in [6, 6.07) is 7.84. The lowest BCUT2D eigenvalue weighted by Crippen LogP contribution is -2.47. The number of sulfonamides is 1. The van der Waals surface area contributed by atoms with Crippen LogP contribution in [0.25, 0.3) is 0 Å². The summed E-state index contributed by atoms with van der Waals surface area (Å²) < 4.78 is 28.3. The molecule has 0 aliphatic carbocycles. The van der Waals surface area contributed by atoms with Crippen molar-refractivity contribution in [2.24, 2.45) is 0 Å². The summed E-state index contributed by atoms with van der Waals surface area (Å²) in [5.41, 5.74) is 1.73. The largest absolute Gasteiger partial charge is 0.297 e. The van der Waals surface area contributed by atoms with Crippen LogP contribution in [0.2, 0.25) is 0 Å². The third-order valence-corrected chi connectivity index (χ3v) is 6.24. The second-order valence-electron chi connectivity index (χ2n) is 8.59. The number of benzene rings is 1. The van der Waals surface area contributed by atoms with Gasteiger partial charge in [-0.1, -0.05) is 45.0 Å². The van der Waals surface area contributed by atoms with E-state index in [-0.39, 0.29) is 18.1 Å². The first kappa shape index (κ1) is 19.4. The Bertz CT molecular complexity index is 670. The molecule has 1 heterocycles. The zero-order valence-corrected chi connectivity index (χ0v) is 16.6. The van der Waals surface area contributed by atoms with Crippen LogP contribution in [-0.4, -0.2) is 37.9 Å². The predicted molar refractivity (Wildman–Crippen MR) is 97.2 cm³/mol. The van der Waals surface area contributed by atoms with Crippen LogP contribution in [0.1, 0.15) is 58.7 Å². The Balaban J connectivity index is 2.33. The summed E-state index contributed by atoms with van der Waals surface area (Å²) >= 11 is 0. The predicted octanol–water partition coefficient (Wildman–Crippen LogP) is 2.99. The van der Waals surface area contributed by atoms with Gasteiger partial charge in [0.2, 0.25) is 10.0 Å². The first-order valence-electron chi connectivity index (χ1n) is 8.30. The number of hydrogen-bond acceptors (Lipinski definition) is 4. The van der Waals surface area contributed by atoms with E-state index in [2.05, 4.69) is 37.6 Å². The molecule has 2 rings (SSSR count). The normalized spacial score (nSPS) is 23.6. The topological polar surface area (TPSA) is 58.6 Å². The lowest BCUT2D eigenvalue weighted by atomic mass is 9.86. The Morgan fingerprint density at radius 2 is 1.62 bits per heavy atom. The third-order valence-electron chi connectivity index (χ3n) is 4.15. The molecule has 1 fully saturated rings. The highest BCUT2D eigenvalue weighted by molar-refractivity contribution is 7.90. The molecule has 0 saturated carbocycles. The van der Waals surface area contributed by atoms with Gasteiger partial charge < -0.3 is 0 Å². The van der Waals surface area contributed by atoms with E-state index >= 15 is 0 Å². The number of nitrogens with zero attached hydrogens (tertiary/aromatic N) is 1. The molecule has 5 nitrogen and oxygen atoms in total. The van der Waals surface area contributed by atoms with Crippen LogP contribution >= 0.6 is 0 Å². The second-order valence-corrected chi connectivity index (χ2v) is 10.5. The molecule has 0 bridgehead atoms. The second kappa shape index (κ2) is 6.41. The number of hydroxylamine groups is 2. The molecule has 6 heteroatoms. The van der Waals surface area contributed by atoms with E-state index in [9.17, 15) is 8.42 Å². The number of hydrogen-bond donors (Lipinski definition) is 1.